The summed E-state index contributed by atoms with van der Waals surface area (Å²) in [6.45, 7) is 5.93. The number of fused-ring (bicyclic) bond motifs is 1. The van der Waals surface area contributed by atoms with Crippen LogP contribution in [-0.2, 0) is 4.79 Å². The van der Waals surface area contributed by atoms with Crippen molar-refractivity contribution in [3.8, 4) is 5.69 Å². The van der Waals surface area contributed by atoms with E-state index in [2.05, 4.69) is 10.4 Å². The summed E-state index contributed by atoms with van der Waals surface area (Å²) in [7, 11) is 0. The molecule has 1 atom stereocenters. The number of aromatic nitrogens is 2. The number of nitrogens with one attached hydrogen (secondary N) is 1. The van der Waals surface area contributed by atoms with Crippen LogP contribution in [0.15, 0.2) is 30.3 Å². The van der Waals surface area contributed by atoms with Crippen LogP contribution in [0.1, 0.15) is 44.4 Å². The Labute approximate surface area is 166 Å². The molecule has 1 N–H and O–H groups in total. The molecule has 1 aliphatic heterocycles. The van der Waals surface area contributed by atoms with E-state index in [4.69, 9.17) is 11.6 Å². The first kappa shape index (κ1) is 17.9. The highest BCUT2D eigenvalue weighted by molar-refractivity contribution is 7.18. The van der Waals surface area contributed by atoms with Gasteiger partial charge in [0.15, 0.2) is 5.78 Å². The zero-order valence-electron chi connectivity index (χ0n) is 15.2. The normalized spacial score (nSPS) is 16.1. The molecule has 1 unspecified atom stereocenters. The summed E-state index contributed by atoms with van der Waals surface area (Å²) in [5, 5.41) is 7.58. The minimum absolute atomic E-state index is 0.0911. The largest absolute Gasteiger partial charge is 0.310 e. The van der Waals surface area contributed by atoms with Gasteiger partial charge in [0.05, 0.1) is 26.5 Å². The van der Waals surface area contributed by atoms with Crippen LogP contribution < -0.4 is 5.32 Å². The van der Waals surface area contributed by atoms with Crippen LogP contribution in [0.4, 0.5) is 5.82 Å². The number of amides is 1. The van der Waals surface area contributed by atoms with Gasteiger partial charge < -0.3 is 5.32 Å². The van der Waals surface area contributed by atoms with E-state index in [1.54, 1.807) is 16.8 Å². The highest BCUT2D eigenvalue weighted by Crippen LogP contribution is 2.40. The van der Waals surface area contributed by atoms with Gasteiger partial charge in [-0.15, -0.1) is 11.3 Å². The van der Waals surface area contributed by atoms with Gasteiger partial charge >= 0.3 is 0 Å². The van der Waals surface area contributed by atoms with E-state index in [9.17, 15) is 9.59 Å². The molecule has 7 heteroatoms. The fourth-order valence-corrected chi connectivity index (χ4v) is 4.57. The molecule has 1 aliphatic rings. The van der Waals surface area contributed by atoms with Gasteiger partial charge in [0.2, 0.25) is 5.91 Å². The number of benzene rings is 1. The van der Waals surface area contributed by atoms with Crippen LogP contribution >= 0.6 is 22.9 Å². The maximum absolute atomic E-state index is 13.1. The van der Waals surface area contributed by atoms with E-state index in [0.29, 0.717) is 15.0 Å². The molecule has 1 amide bonds. The minimum Gasteiger partial charge on any atom is -0.310 e. The number of carbonyl (C=O) groups excluding carboxylic acids is 2. The van der Waals surface area contributed by atoms with E-state index in [0.717, 1.165) is 28.1 Å². The van der Waals surface area contributed by atoms with E-state index in [-0.39, 0.29) is 18.1 Å². The second-order valence-corrected chi connectivity index (χ2v) is 8.47. The van der Waals surface area contributed by atoms with Crippen molar-refractivity contribution in [3.05, 3.63) is 61.9 Å². The Kier molecular flexibility index (Phi) is 4.40. The summed E-state index contributed by atoms with van der Waals surface area (Å²) in [4.78, 5) is 26.0. The number of halogens is 1. The van der Waals surface area contributed by atoms with Crippen LogP contribution in [0.2, 0.25) is 4.34 Å². The maximum Gasteiger partial charge on any atom is 0.226 e. The molecule has 0 saturated heterocycles. The van der Waals surface area contributed by atoms with E-state index in [1.165, 1.54) is 11.3 Å². The van der Waals surface area contributed by atoms with Crippen molar-refractivity contribution in [2.24, 2.45) is 0 Å². The monoisotopic (exact) mass is 399 g/mol. The Morgan fingerprint density at radius 3 is 2.74 bits per heavy atom. The Morgan fingerprint density at radius 2 is 2.04 bits per heavy atom. The molecule has 3 heterocycles. The lowest BCUT2D eigenvalue weighted by Gasteiger charge is -2.23. The van der Waals surface area contributed by atoms with Gasteiger partial charge in [-0.2, -0.15) is 5.10 Å². The number of hydrogen-bond donors (Lipinski definition) is 1. The molecule has 0 fully saturated rings. The summed E-state index contributed by atoms with van der Waals surface area (Å²) in [6, 6.07) is 9.38. The quantitative estimate of drug-likeness (QED) is 0.642. The fourth-order valence-electron chi connectivity index (χ4n) is 3.53. The molecule has 27 heavy (non-hydrogen) atoms. The van der Waals surface area contributed by atoms with Crippen LogP contribution in [0.5, 0.6) is 0 Å². The second-order valence-electron chi connectivity index (χ2n) is 6.75. The van der Waals surface area contributed by atoms with Crippen molar-refractivity contribution in [1.29, 1.82) is 0 Å². The van der Waals surface area contributed by atoms with Crippen LogP contribution in [0, 0.1) is 20.8 Å². The summed E-state index contributed by atoms with van der Waals surface area (Å²) in [5.41, 5.74) is 4.64. The number of thiophene rings is 1. The smallest absolute Gasteiger partial charge is 0.226 e. The van der Waals surface area contributed by atoms with Crippen LogP contribution in [-0.4, -0.2) is 21.5 Å². The highest BCUT2D eigenvalue weighted by Gasteiger charge is 2.37. The minimum atomic E-state index is -0.553. The van der Waals surface area contributed by atoms with Crippen molar-refractivity contribution < 1.29 is 9.59 Å². The van der Waals surface area contributed by atoms with Gasteiger partial charge in [0.1, 0.15) is 5.82 Å². The Morgan fingerprint density at radius 1 is 1.26 bits per heavy atom. The van der Waals surface area contributed by atoms with Crippen LogP contribution in [0.25, 0.3) is 5.69 Å². The molecule has 2 aromatic heterocycles. The standard InChI is InChI=1S/C20H18ClN3O2S/c1-10-5-4-6-14(11(10)2)24-20-18(12(3)23-24)13(9-17(25)22-20)19(26)15-7-8-16(21)27-15/h4-8,13H,9H2,1-3H3,(H,22,25). The van der Waals surface area contributed by atoms with Crippen molar-refractivity contribution in [2.45, 2.75) is 33.1 Å². The first-order valence-electron chi connectivity index (χ1n) is 8.62. The van der Waals surface area contributed by atoms with Gasteiger partial charge in [-0.1, -0.05) is 23.7 Å². The Hall–Kier alpha value is -2.44. The van der Waals surface area contributed by atoms with E-state index in [1.807, 2.05) is 39.0 Å². The molecule has 0 aliphatic carbocycles. The molecule has 5 nitrogen and oxygen atoms in total. The lowest BCUT2D eigenvalue weighted by atomic mass is 9.87. The molecular weight excluding hydrogens is 382 g/mol. The Bertz CT molecular complexity index is 1080. The molecule has 4 rings (SSSR count). The number of nitrogens with zero attached hydrogens (tertiary/aromatic N) is 2. The third-order valence-electron chi connectivity index (χ3n) is 5.04. The number of Topliss-reactive ketones (excluding diaryl/α,β-unsaturated/α-hetero) is 1. The number of ketones is 1. The van der Waals surface area contributed by atoms with Crippen molar-refractivity contribution >= 4 is 40.4 Å². The molecule has 3 aromatic rings. The molecule has 0 spiro atoms. The highest BCUT2D eigenvalue weighted by atomic mass is 35.5. The Balaban J connectivity index is 1.86. The molecule has 138 valence electrons. The summed E-state index contributed by atoms with van der Waals surface area (Å²) >= 11 is 7.23. The molecule has 0 saturated carbocycles. The van der Waals surface area contributed by atoms with Gasteiger partial charge in [0.25, 0.3) is 0 Å². The van der Waals surface area contributed by atoms with E-state index < -0.39 is 5.92 Å². The number of hydrogen-bond acceptors (Lipinski definition) is 4. The van der Waals surface area contributed by atoms with Crippen molar-refractivity contribution in [3.63, 3.8) is 0 Å². The van der Waals surface area contributed by atoms with Crippen molar-refractivity contribution in [2.75, 3.05) is 5.32 Å². The number of aryl methyl sites for hydroxylation is 2. The first-order chi connectivity index (χ1) is 12.9. The lowest BCUT2D eigenvalue weighted by Crippen LogP contribution is -2.28. The summed E-state index contributed by atoms with van der Waals surface area (Å²) in [6.07, 6.45) is 0.112. The van der Waals surface area contributed by atoms with E-state index >= 15 is 0 Å². The second kappa shape index (κ2) is 6.62. The summed E-state index contributed by atoms with van der Waals surface area (Å²) < 4.78 is 2.30. The first-order valence-corrected chi connectivity index (χ1v) is 9.81. The molecule has 0 bridgehead atoms. The predicted octanol–water partition coefficient (Wildman–Crippen LogP) is 4.82. The third kappa shape index (κ3) is 2.99. The number of carbonyl (C=O) groups is 2. The predicted molar refractivity (Wildman–Crippen MR) is 107 cm³/mol. The van der Waals surface area contributed by atoms with Crippen molar-refractivity contribution in [1.82, 2.24) is 9.78 Å². The lowest BCUT2D eigenvalue weighted by molar-refractivity contribution is -0.116. The SMILES string of the molecule is Cc1cccc(-n2nc(C)c3c2NC(=O)CC3C(=O)c2ccc(Cl)s2)c1C. The third-order valence-corrected chi connectivity index (χ3v) is 6.28. The summed E-state index contributed by atoms with van der Waals surface area (Å²) in [5.74, 6) is -0.248. The van der Waals surface area contributed by atoms with Gasteiger partial charge in [0, 0.05) is 12.0 Å². The van der Waals surface area contributed by atoms with Gasteiger partial charge in [-0.25, -0.2) is 4.68 Å². The number of rotatable bonds is 3. The average Bonchev–Trinajstić information content (AvgIpc) is 3.20. The number of anilines is 1. The molecule has 1 aromatic carbocycles. The van der Waals surface area contributed by atoms with Gasteiger partial charge in [-0.05, 0) is 50.1 Å². The zero-order valence-corrected chi connectivity index (χ0v) is 16.7. The fraction of sp³-hybridized carbons (Fsp3) is 0.250. The molecular formula is C20H18ClN3O2S. The zero-order chi connectivity index (χ0) is 19.3. The molecule has 0 radical (unpaired) electrons. The van der Waals surface area contributed by atoms with Crippen LogP contribution in [0.3, 0.4) is 0 Å². The topological polar surface area (TPSA) is 64.0 Å². The van der Waals surface area contributed by atoms with Gasteiger partial charge in [-0.3, -0.25) is 9.59 Å². The maximum atomic E-state index is 13.1. The average molecular weight is 400 g/mol.